The lowest BCUT2D eigenvalue weighted by Crippen LogP contribution is -1.93. The molecule has 0 spiro atoms. The Morgan fingerprint density at radius 2 is 1.67 bits per heavy atom. The lowest BCUT2D eigenvalue weighted by Gasteiger charge is -2.03. The third kappa shape index (κ3) is 4.13. The maximum absolute atomic E-state index is 5.61. The zero-order valence-electron chi connectivity index (χ0n) is 10.1. The van der Waals surface area contributed by atoms with E-state index in [9.17, 15) is 0 Å². The summed E-state index contributed by atoms with van der Waals surface area (Å²) in [5.74, 6) is 0. The SMILES string of the molecule is Brc1ccccc1COC/C=C/c1ccccc1. The summed E-state index contributed by atoms with van der Waals surface area (Å²) in [5.41, 5.74) is 2.37. The predicted molar refractivity (Wildman–Crippen MR) is 79.3 cm³/mol. The number of rotatable bonds is 5. The minimum absolute atomic E-state index is 0.621. The van der Waals surface area contributed by atoms with E-state index in [0.717, 1.165) is 4.47 Å². The lowest BCUT2D eigenvalue weighted by atomic mass is 10.2. The molecular formula is C16H15BrO. The van der Waals surface area contributed by atoms with E-state index in [4.69, 9.17) is 4.74 Å². The van der Waals surface area contributed by atoms with Crippen molar-refractivity contribution in [1.82, 2.24) is 0 Å². The molecule has 2 rings (SSSR count). The Bertz CT molecular complexity index is 506. The molecule has 0 N–H and O–H groups in total. The molecule has 0 radical (unpaired) electrons. The van der Waals surface area contributed by atoms with Gasteiger partial charge in [0.15, 0.2) is 0 Å². The lowest BCUT2D eigenvalue weighted by molar-refractivity contribution is 0.148. The van der Waals surface area contributed by atoms with Crippen LogP contribution in [0.2, 0.25) is 0 Å². The van der Waals surface area contributed by atoms with Crippen LogP contribution in [0.5, 0.6) is 0 Å². The summed E-state index contributed by atoms with van der Waals surface area (Å²) in [7, 11) is 0. The summed E-state index contributed by atoms with van der Waals surface area (Å²) < 4.78 is 6.70. The molecule has 0 atom stereocenters. The zero-order valence-corrected chi connectivity index (χ0v) is 11.6. The molecule has 0 aliphatic heterocycles. The van der Waals surface area contributed by atoms with Crippen LogP contribution >= 0.6 is 15.9 Å². The molecule has 0 fully saturated rings. The molecule has 0 saturated heterocycles. The maximum atomic E-state index is 5.61. The Morgan fingerprint density at radius 3 is 2.44 bits per heavy atom. The summed E-state index contributed by atoms with van der Waals surface area (Å²) in [4.78, 5) is 0. The van der Waals surface area contributed by atoms with Crippen LogP contribution in [0.25, 0.3) is 6.08 Å². The molecule has 0 unspecified atom stereocenters. The van der Waals surface area contributed by atoms with Crippen LogP contribution in [0.1, 0.15) is 11.1 Å². The highest BCUT2D eigenvalue weighted by atomic mass is 79.9. The first-order valence-corrected chi connectivity index (χ1v) is 6.68. The molecule has 18 heavy (non-hydrogen) atoms. The van der Waals surface area contributed by atoms with E-state index >= 15 is 0 Å². The molecule has 0 aromatic heterocycles. The van der Waals surface area contributed by atoms with Gasteiger partial charge in [-0.3, -0.25) is 0 Å². The molecule has 0 saturated carbocycles. The van der Waals surface area contributed by atoms with Crippen LogP contribution in [-0.2, 0) is 11.3 Å². The van der Waals surface area contributed by atoms with E-state index in [2.05, 4.69) is 40.2 Å². The highest BCUT2D eigenvalue weighted by Crippen LogP contribution is 2.16. The van der Waals surface area contributed by atoms with Gasteiger partial charge in [-0.05, 0) is 17.2 Å². The van der Waals surface area contributed by atoms with E-state index in [0.29, 0.717) is 13.2 Å². The van der Waals surface area contributed by atoms with Gasteiger partial charge in [0.1, 0.15) is 0 Å². The zero-order chi connectivity index (χ0) is 12.6. The highest BCUT2D eigenvalue weighted by Gasteiger charge is 1.96. The third-order valence-corrected chi connectivity index (χ3v) is 3.31. The quantitative estimate of drug-likeness (QED) is 0.729. The van der Waals surface area contributed by atoms with Gasteiger partial charge in [-0.1, -0.05) is 76.6 Å². The fraction of sp³-hybridized carbons (Fsp3) is 0.125. The van der Waals surface area contributed by atoms with Gasteiger partial charge in [0, 0.05) is 4.47 Å². The molecule has 0 heterocycles. The van der Waals surface area contributed by atoms with Crippen molar-refractivity contribution in [2.24, 2.45) is 0 Å². The van der Waals surface area contributed by atoms with E-state index in [1.54, 1.807) is 0 Å². The summed E-state index contributed by atoms with van der Waals surface area (Å²) in [6.45, 7) is 1.25. The van der Waals surface area contributed by atoms with Crippen LogP contribution in [-0.4, -0.2) is 6.61 Å². The summed E-state index contributed by atoms with van der Waals surface area (Å²) in [6, 6.07) is 18.3. The molecular weight excluding hydrogens is 288 g/mol. The Morgan fingerprint density at radius 1 is 0.944 bits per heavy atom. The molecule has 0 amide bonds. The standard InChI is InChI=1S/C16H15BrO/c17-16-11-5-4-10-15(16)13-18-12-6-9-14-7-2-1-3-8-14/h1-11H,12-13H2/b9-6+. The highest BCUT2D eigenvalue weighted by molar-refractivity contribution is 9.10. The number of hydrogen-bond acceptors (Lipinski definition) is 1. The van der Waals surface area contributed by atoms with Crippen LogP contribution in [0.3, 0.4) is 0 Å². The second-order valence-corrected chi connectivity index (χ2v) is 4.77. The molecule has 2 aromatic rings. The summed E-state index contributed by atoms with van der Waals surface area (Å²) in [5, 5.41) is 0. The average Bonchev–Trinajstić information content (AvgIpc) is 2.42. The number of hydrogen-bond donors (Lipinski definition) is 0. The second kappa shape index (κ2) is 7.14. The van der Waals surface area contributed by atoms with Gasteiger partial charge < -0.3 is 4.74 Å². The monoisotopic (exact) mass is 302 g/mol. The normalized spacial score (nSPS) is 10.9. The van der Waals surface area contributed by atoms with Crippen LogP contribution < -0.4 is 0 Å². The fourth-order valence-corrected chi connectivity index (χ4v) is 2.00. The number of halogens is 1. The molecule has 2 heteroatoms. The molecule has 0 aliphatic rings. The molecule has 92 valence electrons. The third-order valence-electron chi connectivity index (χ3n) is 2.54. The van der Waals surface area contributed by atoms with E-state index < -0.39 is 0 Å². The van der Waals surface area contributed by atoms with Gasteiger partial charge in [0.25, 0.3) is 0 Å². The van der Waals surface area contributed by atoms with Crippen molar-refractivity contribution >= 4 is 22.0 Å². The van der Waals surface area contributed by atoms with Crippen LogP contribution in [0.4, 0.5) is 0 Å². The number of benzene rings is 2. The van der Waals surface area contributed by atoms with Crippen molar-refractivity contribution < 1.29 is 4.74 Å². The van der Waals surface area contributed by atoms with Crippen molar-refractivity contribution in [2.45, 2.75) is 6.61 Å². The Kier molecular flexibility index (Phi) is 5.18. The van der Waals surface area contributed by atoms with Gasteiger partial charge in [-0.25, -0.2) is 0 Å². The number of ether oxygens (including phenoxy) is 1. The van der Waals surface area contributed by atoms with Gasteiger partial charge in [-0.15, -0.1) is 0 Å². The Labute approximate surface area is 116 Å². The van der Waals surface area contributed by atoms with Crippen molar-refractivity contribution in [3.8, 4) is 0 Å². The van der Waals surface area contributed by atoms with Crippen molar-refractivity contribution in [3.05, 3.63) is 76.3 Å². The van der Waals surface area contributed by atoms with Gasteiger partial charge in [0.2, 0.25) is 0 Å². The predicted octanol–water partition coefficient (Wildman–Crippen LogP) is 4.68. The summed E-state index contributed by atoms with van der Waals surface area (Å²) in [6.07, 6.45) is 4.10. The van der Waals surface area contributed by atoms with Crippen molar-refractivity contribution in [1.29, 1.82) is 0 Å². The molecule has 1 nitrogen and oxygen atoms in total. The fourth-order valence-electron chi connectivity index (χ4n) is 1.60. The smallest absolute Gasteiger partial charge is 0.0732 e. The second-order valence-electron chi connectivity index (χ2n) is 3.92. The summed E-state index contributed by atoms with van der Waals surface area (Å²) >= 11 is 3.50. The van der Waals surface area contributed by atoms with E-state index in [1.165, 1.54) is 11.1 Å². The van der Waals surface area contributed by atoms with Crippen molar-refractivity contribution in [2.75, 3.05) is 6.61 Å². The largest absolute Gasteiger partial charge is 0.373 e. The minimum atomic E-state index is 0.621. The first-order valence-electron chi connectivity index (χ1n) is 5.89. The molecule has 0 bridgehead atoms. The van der Waals surface area contributed by atoms with Crippen LogP contribution in [0, 0.1) is 0 Å². The Hall–Kier alpha value is -1.38. The maximum Gasteiger partial charge on any atom is 0.0732 e. The Balaban J connectivity index is 1.77. The van der Waals surface area contributed by atoms with Crippen LogP contribution in [0.15, 0.2) is 65.1 Å². The first-order chi connectivity index (χ1) is 8.86. The van der Waals surface area contributed by atoms with Gasteiger partial charge >= 0.3 is 0 Å². The topological polar surface area (TPSA) is 9.23 Å². The molecule has 0 aliphatic carbocycles. The minimum Gasteiger partial charge on any atom is -0.373 e. The molecule has 2 aromatic carbocycles. The first kappa shape index (κ1) is 13.1. The van der Waals surface area contributed by atoms with Gasteiger partial charge in [-0.2, -0.15) is 0 Å². The van der Waals surface area contributed by atoms with Crippen molar-refractivity contribution in [3.63, 3.8) is 0 Å². The van der Waals surface area contributed by atoms with E-state index in [-0.39, 0.29) is 0 Å². The van der Waals surface area contributed by atoms with E-state index in [1.807, 2.05) is 42.5 Å². The average molecular weight is 303 g/mol. The van der Waals surface area contributed by atoms with Gasteiger partial charge in [0.05, 0.1) is 13.2 Å².